The number of hydrogen-bond donors (Lipinski definition) is 1. The summed E-state index contributed by atoms with van der Waals surface area (Å²) < 4.78 is 4.79. The van der Waals surface area contributed by atoms with E-state index in [0.29, 0.717) is 5.92 Å². The Bertz CT molecular complexity index is 225. The fourth-order valence-corrected chi connectivity index (χ4v) is 1.96. The largest absolute Gasteiger partial charge is 0.468 e. The Morgan fingerprint density at radius 1 is 1.57 bits per heavy atom. The summed E-state index contributed by atoms with van der Waals surface area (Å²) in [5, 5.41) is 3.35. The topological polar surface area (TPSA) is 38.3 Å². The molecule has 0 saturated heterocycles. The van der Waals surface area contributed by atoms with Gasteiger partial charge >= 0.3 is 5.97 Å². The van der Waals surface area contributed by atoms with Crippen LogP contribution >= 0.6 is 0 Å². The Morgan fingerprint density at radius 2 is 2.21 bits per heavy atom. The van der Waals surface area contributed by atoms with Crippen molar-refractivity contribution in [3.63, 3.8) is 0 Å². The van der Waals surface area contributed by atoms with Crippen molar-refractivity contribution >= 4 is 5.97 Å². The quantitative estimate of drug-likeness (QED) is 0.673. The maximum atomic E-state index is 11.4. The molecule has 2 aliphatic rings. The summed E-state index contributed by atoms with van der Waals surface area (Å²) in [6, 6.07) is -0.0344. The highest BCUT2D eigenvalue weighted by Gasteiger charge is 2.39. The fraction of sp³-hybridized carbons (Fsp3) is 0.909. The van der Waals surface area contributed by atoms with Gasteiger partial charge in [-0.05, 0) is 43.6 Å². The average Bonchev–Trinajstić information content (AvgIpc) is 3.04. The molecule has 0 spiro atoms. The predicted octanol–water partition coefficient (Wildman–Crippen LogP) is 1.18. The van der Waals surface area contributed by atoms with Crippen molar-refractivity contribution in [1.82, 2.24) is 5.32 Å². The molecule has 0 amide bonds. The standard InChI is InChI=1S/C11H19NO2/c1-7-5-9(7)6-12-10(8-3-4-8)11(13)14-2/h7-10,12H,3-6H2,1-2H3. The molecule has 0 aromatic carbocycles. The molecule has 0 radical (unpaired) electrons. The van der Waals surface area contributed by atoms with E-state index in [1.54, 1.807) is 0 Å². The van der Waals surface area contributed by atoms with Crippen molar-refractivity contribution in [2.45, 2.75) is 32.2 Å². The Labute approximate surface area is 85.2 Å². The van der Waals surface area contributed by atoms with Crippen LogP contribution in [0.4, 0.5) is 0 Å². The van der Waals surface area contributed by atoms with E-state index >= 15 is 0 Å². The van der Waals surface area contributed by atoms with Gasteiger partial charge in [0.05, 0.1) is 7.11 Å². The average molecular weight is 197 g/mol. The highest BCUT2D eigenvalue weighted by atomic mass is 16.5. The number of hydrogen-bond acceptors (Lipinski definition) is 3. The first-order chi connectivity index (χ1) is 6.72. The van der Waals surface area contributed by atoms with E-state index in [-0.39, 0.29) is 12.0 Å². The Morgan fingerprint density at radius 3 is 2.64 bits per heavy atom. The van der Waals surface area contributed by atoms with Gasteiger partial charge in [0.25, 0.3) is 0 Å². The number of methoxy groups -OCH3 is 1. The highest BCUT2D eigenvalue weighted by Crippen LogP contribution is 2.38. The maximum Gasteiger partial charge on any atom is 0.323 e. The molecular weight excluding hydrogens is 178 g/mol. The number of ether oxygens (including phenoxy) is 1. The van der Waals surface area contributed by atoms with Gasteiger partial charge in [-0.1, -0.05) is 6.92 Å². The lowest BCUT2D eigenvalue weighted by Crippen LogP contribution is -2.40. The zero-order valence-corrected chi connectivity index (χ0v) is 8.95. The zero-order valence-electron chi connectivity index (χ0n) is 8.95. The lowest BCUT2D eigenvalue weighted by Gasteiger charge is -2.15. The minimum Gasteiger partial charge on any atom is -0.468 e. The van der Waals surface area contributed by atoms with Gasteiger partial charge in [-0.25, -0.2) is 0 Å². The molecule has 1 N–H and O–H groups in total. The smallest absolute Gasteiger partial charge is 0.323 e. The van der Waals surface area contributed by atoms with Gasteiger partial charge in [0, 0.05) is 0 Å². The Kier molecular flexibility index (Phi) is 2.77. The van der Waals surface area contributed by atoms with E-state index in [1.165, 1.54) is 26.4 Å². The third-order valence-electron chi connectivity index (χ3n) is 3.42. The van der Waals surface area contributed by atoms with E-state index in [2.05, 4.69) is 12.2 Å². The highest BCUT2D eigenvalue weighted by molar-refractivity contribution is 5.76. The second-order valence-corrected chi connectivity index (χ2v) is 4.72. The lowest BCUT2D eigenvalue weighted by atomic mass is 10.2. The second-order valence-electron chi connectivity index (χ2n) is 4.72. The molecule has 2 fully saturated rings. The van der Waals surface area contributed by atoms with Gasteiger partial charge in [-0.2, -0.15) is 0 Å². The molecule has 0 aromatic heterocycles. The van der Waals surface area contributed by atoms with E-state index in [4.69, 9.17) is 4.74 Å². The number of carbonyl (C=O) groups is 1. The minimum absolute atomic E-state index is 0.0344. The first-order valence-corrected chi connectivity index (χ1v) is 5.53. The molecule has 2 saturated carbocycles. The van der Waals surface area contributed by atoms with Crippen molar-refractivity contribution in [3.8, 4) is 0 Å². The third-order valence-corrected chi connectivity index (χ3v) is 3.42. The molecule has 14 heavy (non-hydrogen) atoms. The van der Waals surface area contributed by atoms with Crippen LogP contribution in [-0.2, 0) is 9.53 Å². The van der Waals surface area contributed by atoms with Crippen molar-refractivity contribution in [2.75, 3.05) is 13.7 Å². The molecule has 3 nitrogen and oxygen atoms in total. The molecule has 0 aromatic rings. The second kappa shape index (κ2) is 3.89. The summed E-state index contributed by atoms with van der Waals surface area (Å²) in [7, 11) is 1.47. The van der Waals surface area contributed by atoms with E-state index in [9.17, 15) is 4.79 Å². The Balaban J connectivity index is 1.75. The van der Waals surface area contributed by atoms with Gasteiger partial charge in [-0.15, -0.1) is 0 Å². The third kappa shape index (κ3) is 2.27. The summed E-state index contributed by atoms with van der Waals surface area (Å²) in [5.74, 6) is 2.10. The van der Waals surface area contributed by atoms with Gasteiger partial charge in [-0.3, -0.25) is 4.79 Å². The summed E-state index contributed by atoms with van der Waals surface area (Å²) in [6.45, 7) is 3.24. The van der Waals surface area contributed by atoms with Gasteiger partial charge in [0.1, 0.15) is 6.04 Å². The summed E-state index contributed by atoms with van der Waals surface area (Å²) in [5.41, 5.74) is 0. The van der Waals surface area contributed by atoms with E-state index in [1.807, 2.05) is 0 Å². The van der Waals surface area contributed by atoms with Crippen molar-refractivity contribution in [1.29, 1.82) is 0 Å². The molecule has 0 aliphatic heterocycles. The van der Waals surface area contributed by atoms with Crippen LogP contribution in [0.15, 0.2) is 0 Å². The van der Waals surface area contributed by atoms with Crippen LogP contribution in [0.25, 0.3) is 0 Å². The summed E-state index contributed by atoms with van der Waals surface area (Å²) in [6.07, 6.45) is 3.66. The van der Waals surface area contributed by atoms with Crippen LogP contribution in [0.1, 0.15) is 26.2 Å². The zero-order chi connectivity index (χ0) is 10.1. The fourth-order valence-electron chi connectivity index (χ4n) is 1.96. The molecule has 3 atom stereocenters. The van der Waals surface area contributed by atoms with E-state index in [0.717, 1.165) is 18.4 Å². The molecular formula is C11H19NO2. The predicted molar refractivity (Wildman–Crippen MR) is 53.8 cm³/mol. The van der Waals surface area contributed by atoms with Crippen molar-refractivity contribution in [3.05, 3.63) is 0 Å². The van der Waals surface area contributed by atoms with Gasteiger partial charge < -0.3 is 10.1 Å². The SMILES string of the molecule is COC(=O)C(NCC1CC1C)C1CC1. The molecule has 2 rings (SSSR count). The molecule has 3 heteroatoms. The number of nitrogens with one attached hydrogen (secondary N) is 1. The first kappa shape index (κ1) is 9.97. The van der Waals surface area contributed by atoms with Crippen LogP contribution in [0, 0.1) is 17.8 Å². The Hall–Kier alpha value is -0.570. The maximum absolute atomic E-state index is 11.4. The van der Waals surface area contributed by atoms with Gasteiger partial charge in [0.15, 0.2) is 0 Å². The number of esters is 1. The number of carbonyl (C=O) groups excluding carboxylic acids is 1. The minimum atomic E-state index is -0.0826. The van der Waals surface area contributed by atoms with Crippen LogP contribution in [0.2, 0.25) is 0 Å². The lowest BCUT2D eigenvalue weighted by molar-refractivity contribution is -0.143. The van der Waals surface area contributed by atoms with Crippen LogP contribution in [-0.4, -0.2) is 25.7 Å². The van der Waals surface area contributed by atoms with Crippen LogP contribution < -0.4 is 5.32 Å². The normalized spacial score (nSPS) is 32.4. The van der Waals surface area contributed by atoms with Crippen molar-refractivity contribution < 1.29 is 9.53 Å². The monoisotopic (exact) mass is 197 g/mol. The van der Waals surface area contributed by atoms with Crippen LogP contribution in [0.3, 0.4) is 0 Å². The molecule has 2 aliphatic carbocycles. The summed E-state index contributed by atoms with van der Waals surface area (Å²) >= 11 is 0. The van der Waals surface area contributed by atoms with E-state index < -0.39 is 0 Å². The molecule has 0 bridgehead atoms. The van der Waals surface area contributed by atoms with Gasteiger partial charge in [0.2, 0.25) is 0 Å². The summed E-state index contributed by atoms with van der Waals surface area (Å²) in [4.78, 5) is 11.4. The molecule has 0 heterocycles. The van der Waals surface area contributed by atoms with Crippen molar-refractivity contribution in [2.24, 2.45) is 17.8 Å². The molecule has 3 unspecified atom stereocenters. The number of rotatable bonds is 5. The van der Waals surface area contributed by atoms with Crippen LogP contribution in [0.5, 0.6) is 0 Å². The molecule has 80 valence electrons. The first-order valence-electron chi connectivity index (χ1n) is 5.53.